The zero-order chi connectivity index (χ0) is 19.5. The van der Waals surface area contributed by atoms with E-state index in [2.05, 4.69) is 65.6 Å². The summed E-state index contributed by atoms with van der Waals surface area (Å²) in [4.78, 5) is 6.86. The van der Waals surface area contributed by atoms with Crippen molar-refractivity contribution in [2.75, 3.05) is 33.3 Å². The Balaban J connectivity index is 1.71. The van der Waals surface area contributed by atoms with Crippen molar-refractivity contribution in [3.63, 3.8) is 0 Å². The van der Waals surface area contributed by atoms with Crippen LogP contribution in [0.15, 0.2) is 29.3 Å². The molecule has 5 nitrogen and oxygen atoms in total. The standard InChI is InChI=1S/C22H38N4O/c1-5-27-21(18(2)3)12-13-24-22(23-4)25-16-19-8-10-20(11-9-19)17-26-14-6-7-15-26/h8-11,18,21H,5-7,12-17H2,1-4H3,(H2,23,24,25). The summed E-state index contributed by atoms with van der Waals surface area (Å²) in [5.41, 5.74) is 2.68. The van der Waals surface area contributed by atoms with Gasteiger partial charge in [0.25, 0.3) is 0 Å². The Hall–Kier alpha value is -1.59. The van der Waals surface area contributed by atoms with Gasteiger partial charge in [-0.3, -0.25) is 9.89 Å². The minimum absolute atomic E-state index is 0.295. The van der Waals surface area contributed by atoms with E-state index < -0.39 is 0 Å². The highest BCUT2D eigenvalue weighted by atomic mass is 16.5. The van der Waals surface area contributed by atoms with E-state index in [1.165, 1.54) is 37.1 Å². The number of nitrogens with zero attached hydrogens (tertiary/aromatic N) is 2. The van der Waals surface area contributed by atoms with Gasteiger partial charge in [-0.25, -0.2) is 0 Å². The van der Waals surface area contributed by atoms with Crippen LogP contribution >= 0.6 is 0 Å². The maximum absolute atomic E-state index is 5.80. The van der Waals surface area contributed by atoms with Gasteiger partial charge in [-0.2, -0.15) is 0 Å². The number of hydrogen-bond acceptors (Lipinski definition) is 3. The molecule has 0 saturated carbocycles. The van der Waals surface area contributed by atoms with E-state index in [1.54, 1.807) is 0 Å². The van der Waals surface area contributed by atoms with Gasteiger partial charge in [0.2, 0.25) is 0 Å². The molecular weight excluding hydrogens is 336 g/mol. The highest BCUT2D eigenvalue weighted by molar-refractivity contribution is 5.79. The van der Waals surface area contributed by atoms with E-state index in [-0.39, 0.29) is 0 Å². The molecule has 1 unspecified atom stereocenters. The average Bonchev–Trinajstić information content (AvgIpc) is 3.17. The summed E-state index contributed by atoms with van der Waals surface area (Å²) in [6.07, 6.45) is 3.97. The predicted molar refractivity (Wildman–Crippen MR) is 114 cm³/mol. The molecule has 0 radical (unpaired) electrons. The Bertz CT molecular complexity index is 550. The fourth-order valence-corrected chi connectivity index (χ4v) is 3.52. The number of aliphatic imine (C=N–C) groups is 1. The van der Waals surface area contributed by atoms with Crippen LogP contribution in [0.25, 0.3) is 0 Å². The van der Waals surface area contributed by atoms with E-state index >= 15 is 0 Å². The maximum atomic E-state index is 5.80. The van der Waals surface area contributed by atoms with Crippen molar-refractivity contribution in [1.82, 2.24) is 15.5 Å². The molecule has 5 heteroatoms. The SMILES string of the molecule is CCOC(CCNC(=NC)NCc1ccc(CN2CCCC2)cc1)C(C)C. The monoisotopic (exact) mass is 374 g/mol. The van der Waals surface area contributed by atoms with Crippen LogP contribution in [0, 0.1) is 5.92 Å². The maximum Gasteiger partial charge on any atom is 0.191 e. The molecule has 152 valence electrons. The zero-order valence-electron chi connectivity index (χ0n) is 17.6. The normalized spacial score (nSPS) is 16.7. The molecule has 27 heavy (non-hydrogen) atoms. The van der Waals surface area contributed by atoms with Gasteiger partial charge in [-0.15, -0.1) is 0 Å². The van der Waals surface area contributed by atoms with E-state index in [4.69, 9.17) is 4.74 Å². The van der Waals surface area contributed by atoms with Crippen LogP contribution in [-0.2, 0) is 17.8 Å². The topological polar surface area (TPSA) is 48.9 Å². The first-order chi connectivity index (χ1) is 13.1. The molecule has 2 rings (SSSR count). The van der Waals surface area contributed by atoms with Gasteiger partial charge in [-0.05, 0) is 56.3 Å². The molecule has 1 saturated heterocycles. The van der Waals surface area contributed by atoms with Crippen molar-refractivity contribution >= 4 is 5.96 Å². The second kappa shape index (κ2) is 12.0. The Kier molecular flexibility index (Phi) is 9.64. The molecule has 0 aromatic heterocycles. The minimum atomic E-state index is 0.295. The number of ether oxygens (including phenoxy) is 1. The number of rotatable bonds is 10. The summed E-state index contributed by atoms with van der Waals surface area (Å²) in [6, 6.07) is 8.94. The van der Waals surface area contributed by atoms with Crippen molar-refractivity contribution in [2.45, 2.75) is 59.2 Å². The van der Waals surface area contributed by atoms with E-state index in [9.17, 15) is 0 Å². The Morgan fingerprint density at radius 1 is 1.11 bits per heavy atom. The molecule has 1 fully saturated rings. The van der Waals surface area contributed by atoms with Gasteiger partial charge in [0.05, 0.1) is 6.10 Å². The van der Waals surface area contributed by atoms with Crippen LogP contribution in [0.4, 0.5) is 0 Å². The summed E-state index contributed by atoms with van der Waals surface area (Å²) < 4.78 is 5.80. The highest BCUT2D eigenvalue weighted by Crippen LogP contribution is 2.13. The van der Waals surface area contributed by atoms with Crippen LogP contribution in [-0.4, -0.2) is 50.3 Å². The van der Waals surface area contributed by atoms with Crippen LogP contribution in [0.5, 0.6) is 0 Å². The lowest BCUT2D eigenvalue weighted by molar-refractivity contribution is 0.0258. The van der Waals surface area contributed by atoms with Gasteiger partial charge in [-0.1, -0.05) is 38.1 Å². The summed E-state index contributed by atoms with van der Waals surface area (Å²) >= 11 is 0. The van der Waals surface area contributed by atoms with Crippen molar-refractivity contribution in [3.8, 4) is 0 Å². The Morgan fingerprint density at radius 2 is 1.78 bits per heavy atom. The lowest BCUT2D eigenvalue weighted by Gasteiger charge is -2.21. The highest BCUT2D eigenvalue weighted by Gasteiger charge is 2.13. The van der Waals surface area contributed by atoms with Crippen LogP contribution in [0.3, 0.4) is 0 Å². The molecule has 0 amide bonds. The molecule has 1 aromatic rings. The van der Waals surface area contributed by atoms with E-state index in [0.717, 1.165) is 38.6 Å². The third-order valence-electron chi connectivity index (χ3n) is 5.16. The first-order valence-electron chi connectivity index (χ1n) is 10.5. The van der Waals surface area contributed by atoms with E-state index in [1.807, 2.05) is 7.05 Å². The van der Waals surface area contributed by atoms with Gasteiger partial charge in [0.15, 0.2) is 5.96 Å². The lowest BCUT2D eigenvalue weighted by atomic mass is 10.0. The molecule has 1 aromatic carbocycles. The fraction of sp³-hybridized carbons (Fsp3) is 0.682. The third kappa shape index (κ3) is 7.89. The second-order valence-electron chi connectivity index (χ2n) is 7.68. The molecule has 1 heterocycles. The Labute approximate surface area is 165 Å². The number of benzene rings is 1. The van der Waals surface area contributed by atoms with Crippen LogP contribution in [0.1, 0.15) is 51.2 Å². The van der Waals surface area contributed by atoms with Crippen LogP contribution < -0.4 is 10.6 Å². The lowest BCUT2D eigenvalue weighted by Crippen LogP contribution is -2.38. The predicted octanol–water partition coefficient (Wildman–Crippen LogP) is 3.40. The van der Waals surface area contributed by atoms with Crippen LogP contribution in [0.2, 0.25) is 0 Å². The fourth-order valence-electron chi connectivity index (χ4n) is 3.52. The quantitative estimate of drug-likeness (QED) is 0.487. The molecule has 1 aliphatic heterocycles. The van der Waals surface area contributed by atoms with Crippen molar-refractivity contribution in [2.24, 2.45) is 10.9 Å². The summed E-state index contributed by atoms with van der Waals surface area (Å²) in [5, 5.41) is 6.80. The molecule has 0 bridgehead atoms. The molecule has 2 N–H and O–H groups in total. The Morgan fingerprint density at radius 3 is 2.37 bits per heavy atom. The summed E-state index contributed by atoms with van der Waals surface area (Å²) in [7, 11) is 1.82. The summed E-state index contributed by atoms with van der Waals surface area (Å²) in [5.74, 6) is 1.37. The number of guanidine groups is 1. The van der Waals surface area contributed by atoms with Gasteiger partial charge in [0.1, 0.15) is 0 Å². The zero-order valence-corrected chi connectivity index (χ0v) is 17.6. The van der Waals surface area contributed by atoms with Gasteiger partial charge in [0, 0.05) is 33.3 Å². The van der Waals surface area contributed by atoms with Gasteiger partial charge < -0.3 is 15.4 Å². The first kappa shape index (κ1) is 21.7. The minimum Gasteiger partial charge on any atom is -0.378 e. The molecular formula is C22H38N4O. The van der Waals surface area contributed by atoms with Crippen molar-refractivity contribution in [1.29, 1.82) is 0 Å². The first-order valence-corrected chi connectivity index (χ1v) is 10.5. The molecule has 1 aliphatic rings. The van der Waals surface area contributed by atoms with Gasteiger partial charge >= 0.3 is 0 Å². The second-order valence-corrected chi connectivity index (χ2v) is 7.68. The van der Waals surface area contributed by atoms with Crippen molar-refractivity contribution < 1.29 is 4.74 Å². The number of likely N-dealkylation sites (tertiary alicyclic amines) is 1. The van der Waals surface area contributed by atoms with Crippen molar-refractivity contribution in [3.05, 3.63) is 35.4 Å². The summed E-state index contributed by atoms with van der Waals surface area (Å²) in [6.45, 7) is 12.4. The molecule has 1 atom stereocenters. The average molecular weight is 375 g/mol. The van der Waals surface area contributed by atoms with E-state index in [0.29, 0.717) is 12.0 Å². The smallest absolute Gasteiger partial charge is 0.191 e. The number of nitrogens with one attached hydrogen (secondary N) is 2. The molecule has 0 aliphatic carbocycles. The largest absolute Gasteiger partial charge is 0.378 e. The number of hydrogen-bond donors (Lipinski definition) is 2. The molecule has 0 spiro atoms. The third-order valence-corrected chi connectivity index (χ3v) is 5.16.